The molecule has 1 aromatic rings. The molecule has 0 bridgehead atoms. The predicted octanol–water partition coefficient (Wildman–Crippen LogP) is 2.04. The molecular formula is C9H7FO. The monoisotopic (exact) mass is 150 g/mol. The van der Waals surface area contributed by atoms with Gasteiger partial charge >= 0.3 is 0 Å². The summed E-state index contributed by atoms with van der Waals surface area (Å²) in [4.78, 5) is 9.88. The van der Waals surface area contributed by atoms with Gasteiger partial charge in [-0.1, -0.05) is 18.2 Å². The van der Waals surface area contributed by atoms with E-state index >= 15 is 0 Å². The summed E-state index contributed by atoms with van der Waals surface area (Å²) in [6, 6.07) is 6.28. The van der Waals surface area contributed by atoms with Gasteiger partial charge in [-0.05, 0) is 18.2 Å². The minimum absolute atomic E-state index is 0.314. The van der Waals surface area contributed by atoms with Crippen molar-refractivity contribution in [2.45, 2.75) is 0 Å². The van der Waals surface area contributed by atoms with Crippen LogP contribution in [0.3, 0.4) is 0 Å². The first-order valence-corrected chi connectivity index (χ1v) is 3.21. The molecule has 1 nitrogen and oxygen atoms in total. The number of carbonyl (C=O) groups excluding carboxylic acids is 1. The number of rotatable bonds is 2. The van der Waals surface area contributed by atoms with E-state index in [0.29, 0.717) is 11.8 Å². The van der Waals surface area contributed by atoms with E-state index in [0.717, 1.165) is 0 Å². The zero-order valence-electron chi connectivity index (χ0n) is 5.83. The highest BCUT2D eigenvalue weighted by Gasteiger charge is 1.92. The van der Waals surface area contributed by atoms with Crippen LogP contribution < -0.4 is 0 Å². The Bertz CT molecular complexity index is 279. The molecule has 0 aliphatic rings. The Morgan fingerprint density at radius 2 is 2.00 bits per heavy atom. The summed E-state index contributed by atoms with van der Waals surface area (Å²) in [6.45, 7) is 0. The molecular weight excluding hydrogens is 143 g/mol. The molecule has 0 aliphatic carbocycles. The normalized spacial score (nSPS) is 10.3. The second kappa shape index (κ2) is 3.66. The van der Waals surface area contributed by atoms with Crippen molar-refractivity contribution in [3.63, 3.8) is 0 Å². The predicted molar refractivity (Wildman–Crippen MR) is 41.5 cm³/mol. The molecule has 0 spiro atoms. The summed E-state index contributed by atoms with van der Waals surface area (Å²) in [5.74, 6) is -0.314. The van der Waals surface area contributed by atoms with Crippen molar-refractivity contribution in [3.05, 3.63) is 41.7 Å². The molecule has 0 radical (unpaired) electrons. The first-order valence-electron chi connectivity index (χ1n) is 3.21. The highest BCUT2D eigenvalue weighted by Crippen LogP contribution is 2.07. The summed E-state index contributed by atoms with van der Waals surface area (Å²) in [6.07, 6.45) is 3.31. The lowest BCUT2D eigenvalue weighted by atomic mass is 10.2. The van der Waals surface area contributed by atoms with Crippen LogP contribution in [-0.4, -0.2) is 6.29 Å². The molecule has 56 valence electrons. The number of carbonyl (C=O) groups is 1. The maximum absolute atomic E-state index is 12.7. The average Bonchev–Trinajstić information content (AvgIpc) is 2.03. The minimum Gasteiger partial charge on any atom is -0.299 e. The first kappa shape index (κ1) is 7.66. The molecule has 11 heavy (non-hydrogen) atoms. The van der Waals surface area contributed by atoms with E-state index in [2.05, 4.69) is 0 Å². The minimum atomic E-state index is -0.314. The van der Waals surface area contributed by atoms with Gasteiger partial charge in [0.1, 0.15) is 12.1 Å². The standard InChI is InChI=1S/C9H7FO/c10-9-6-2-1-4-8(9)5-3-7-11/h1-7H. The van der Waals surface area contributed by atoms with Crippen LogP contribution >= 0.6 is 0 Å². The van der Waals surface area contributed by atoms with E-state index < -0.39 is 0 Å². The van der Waals surface area contributed by atoms with Crippen LogP contribution in [0.4, 0.5) is 4.39 Å². The summed E-state index contributed by atoms with van der Waals surface area (Å²) in [5, 5.41) is 0. The lowest BCUT2D eigenvalue weighted by Gasteiger charge is -1.92. The van der Waals surface area contributed by atoms with Crippen molar-refractivity contribution in [1.82, 2.24) is 0 Å². The van der Waals surface area contributed by atoms with Crippen molar-refractivity contribution in [2.24, 2.45) is 0 Å². The lowest BCUT2D eigenvalue weighted by Crippen LogP contribution is -1.78. The molecule has 2 heteroatoms. The van der Waals surface area contributed by atoms with Crippen LogP contribution in [-0.2, 0) is 4.79 Å². The van der Waals surface area contributed by atoms with Crippen LogP contribution in [0.5, 0.6) is 0 Å². The van der Waals surface area contributed by atoms with E-state index in [4.69, 9.17) is 0 Å². The Morgan fingerprint density at radius 3 is 2.64 bits per heavy atom. The fraction of sp³-hybridized carbons (Fsp3) is 0. The van der Waals surface area contributed by atoms with Gasteiger partial charge in [0.25, 0.3) is 0 Å². The molecule has 0 unspecified atom stereocenters. The average molecular weight is 150 g/mol. The molecule has 0 saturated carbocycles. The van der Waals surface area contributed by atoms with Crippen LogP contribution in [0, 0.1) is 5.82 Å². The van der Waals surface area contributed by atoms with Gasteiger partial charge < -0.3 is 0 Å². The largest absolute Gasteiger partial charge is 0.299 e. The summed E-state index contributed by atoms with van der Waals surface area (Å²) < 4.78 is 12.7. The maximum Gasteiger partial charge on any atom is 0.142 e. The zero-order valence-corrected chi connectivity index (χ0v) is 5.83. The molecule has 0 N–H and O–H groups in total. The van der Waals surface area contributed by atoms with Crippen molar-refractivity contribution in [2.75, 3.05) is 0 Å². The molecule has 0 heterocycles. The van der Waals surface area contributed by atoms with Crippen LogP contribution in [0.2, 0.25) is 0 Å². The highest BCUT2D eigenvalue weighted by molar-refractivity contribution is 5.73. The van der Waals surface area contributed by atoms with Crippen molar-refractivity contribution < 1.29 is 9.18 Å². The fourth-order valence-electron chi connectivity index (χ4n) is 0.753. The Balaban J connectivity index is 2.94. The third-order valence-corrected chi connectivity index (χ3v) is 1.26. The van der Waals surface area contributed by atoms with Gasteiger partial charge in [-0.3, -0.25) is 4.79 Å². The quantitative estimate of drug-likeness (QED) is 0.465. The maximum atomic E-state index is 12.7. The second-order valence-corrected chi connectivity index (χ2v) is 2.02. The molecule has 0 aliphatic heterocycles. The SMILES string of the molecule is O=CC=Cc1ccccc1F. The van der Waals surface area contributed by atoms with Gasteiger partial charge in [-0.15, -0.1) is 0 Å². The second-order valence-electron chi connectivity index (χ2n) is 2.02. The number of benzene rings is 1. The van der Waals surface area contributed by atoms with Crippen molar-refractivity contribution >= 4 is 12.4 Å². The molecule has 0 aromatic heterocycles. The Morgan fingerprint density at radius 1 is 1.27 bits per heavy atom. The smallest absolute Gasteiger partial charge is 0.142 e. The van der Waals surface area contributed by atoms with Crippen LogP contribution in [0.15, 0.2) is 30.3 Å². The number of halogens is 1. The summed E-state index contributed by atoms with van der Waals surface area (Å²) in [7, 11) is 0. The molecule has 0 saturated heterocycles. The summed E-state index contributed by atoms with van der Waals surface area (Å²) in [5.41, 5.74) is 0.430. The van der Waals surface area contributed by atoms with E-state index in [-0.39, 0.29) is 5.82 Å². The first-order chi connectivity index (χ1) is 5.34. The van der Waals surface area contributed by atoms with Crippen LogP contribution in [0.1, 0.15) is 5.56 Å². The summed E-state index contributed by atoms with van der Waals surface area (Å²) >= 11 is 0. The molecule has 0 fully saturated rings. The third-order valence-electron chi connectivity index (χ3n) is 1.26. The number of hydrogen-bond acceptors (Lipinski definition) is 1. The lowest BCUT2D eigenvalue weighted by molar-refractivity contribution is -0.104. The van der Waals surface area contributed by atoms with E-state index in [1.165, 1.54) is 18.2 Å². The Labute approximate surface area is 64.2 Å². The van der Waals surface area contributed by atoms with Crippen molar-refractivity contribution in [1.29, 1.82) is 0 Å². The van der Waals surface area contributed by atoms with Gasteiger partial charge in [0.2, 0.25) is 0 Å². The van der Waals surface area contributed by atoms with Crippen LogP contribution in [0.25, 0.3) is 6.08 Å². The molecule has 0 atom stereocenters. The van der Waals surface area contributed by atoms with E-state index in [9.17, 15) is 9.18 Å². The van der Waals surface area contributed by atoms with E-state index in [1.54, 1.807) is 18.2 Å². The number of allylic oxidation sites excluding steroid dienone is 1. The Kier molecular flexibility index (Phi) is 2.55. The van der Waals surface area contributed by atoms with Gasteiger partial charge in [0, 0.05) is 5.56 Å². The molecule has 0 amide bonds. The van der Waals surface area contributed by atoms with Gasteiger partial charge in [-0.2, -0.15) is 0 Å². The zero-order chi connectivity index (χ0) is 8.10. The molecule has 1 aromatic carbocycles. The topological polar surface area (TPSA) is 17.1 Å². The fourth-order valence-corrected chi connectivity index (χ4v) is 0.753. The number of hydrogen-bond donors (Lipinski definition) is 0. The van der Waals surface area contributed by atoms with Crippen molar-refractivity contribution in [3.8, 4) is 0 Å². The highest BCUT2D eigenvalue weighted by atomic mass is 19.1. The molecule has 1 rings (SSSR count). The van der Waals surface area contributed by atoms with Gasteiger partial charge in [0.05, 0.1) is 0 Å². The van der Waals surface area contributed by atoms with E-state index in [1.807, 2.05) is 0 Å². The van der Waals surface area contributed by atoms with Gasteiger partial charge in [-0.25, -0.2) is 4.39 Å². The number of aldehydes is 1. The van der Waals surface area contributed by atoms with Gasteiger partial charge in [0.15, 0.2) is 0 Å². The Hall–Kier alpha value is -1.44. The third kappa shape index (κ3) is 2.00.